The molecule has 0 bridgehead atoms. The van der Waals surface area contributed by atoms with Crippen LogP contribution in [0, 0.1) is 13.8 Å². The molecule has 0 atom stereocenters. The van der Waals surface area contributed by atoms with Crippen molar-refractivity contribution < 1.29 is 9.53 Å². The zero-order chi connectivity index (χ0) is 18.8. The molecule has 1 aliphatic rings. The Morgan fingerprint density at radius 1 is 1.23 bits per heavy atom. The maximum Gasteiger partial charge on any atom is 0.257 e. The highest BCUT2D eigenvalue weighted by atomic mass is 35.5. The van der Waals surface area contributed by atoms with E-state index in [1.54, 1.807) is 11.8 Å². The number of ether oxygens (including phenoxy) is 1. The largest absolute Gasteiger partial charge is 0.496 e. The number of aromatic nitrogens is 2. The molecule has 6 nitrogen and oxygen atoms in total. The van der Waals surface area contributed by atoms with Crippen molar-refractivity contribution in [1.82, 2.24) is 19.6 Å². The smallest absolute Gasteiger partial charge is 0.257 e. The topological polar surface area (TPSA) is 50.6 Å². The predicted octanol–water partition coefficient (Wildman–Crippen LogP) is 2.66. The second kappa shape index (κ2) is 7.68. The highest BCUT2D eigenvalue weighted by molar-refractivity contribution is 6.30. The van der Waals surface area contributed by atoms with Crippen molar-refractivity contribution in [3.8, 4) is 5.75 Å². The average Bonchev–Trinajstić information content (AvgIpc) is 2.87. The van der Waals surface area contributed by atoms with Crippen LogP contribution >= 0.6 is 11.6 Å². The normalized spacial score (nSPS) is 15.3. The molecular weight excluding hydrogens is 352 g/mol. The van der Waals surface area contributed by atoms with E-state index in [1.807, 2.05) is 44.0 Å². The number of benzene rings is 1. The summed E-state index contributed by atoms with van der Waals surface area (Å²) in [5.41, 5.74) is 3.51. The summed E-state index contributed by atoms with van der Waals surface area (Å²) >= 11 is 6.12. The van der Waals surface area contributed by atoms with Crippen LogP contribution in [-0.2, 0) is 13.6 Å². The first-order valence-corrected chi connectivity index (χ1v) is 9.12. The Balaban J connectivity index is 1.64. The lowest BCUT2D eigenvalue weighted by Gasteiger charge is -2.35. The zero-order valence-electron chi connectivity index (χ0n) is 15.8. The van der Waals surface area contributed by atoms with Crippen LogP contribution in [0.2, 0.25) is 5.02 Å². The summed E-state index contributed by atoms with van der Waals surface area (Å²) in [6.07, 6.45) is 0. The highest BCUT2D eigenvalue weighted by Crippen LogP contribution is 2.25. The van der Waals surface area contributed by atoms with Gasteiger partial charge in [0.25, 0.3) is 5.91 Å². The summed E-state index contributed by atoms with van der Waals surface area (Å²) in [4.78, 5) is 17.1. The van der Waals surface area contributed by atoms with Crippen molar-refractivity contribution >= 4 is 17.5 Å². The fourth-order valence-electron chi connectivity index (χ4n) is 3.46. The summed E-state index contributed by atoms with van der Waals surface area (Å²) in [6, 6.07) is 5.67. The molecule has 1 aromatic heterocycles. The van der Waals surface area contributed by atoms with E-state index in [9.17, 15) is 4.79 Å². The third-order valence-electron chi connectivity index (χ3n) is 5.02. The van der Waals surface area contributed by atoms with Gasteiger partial charge in [-0.25, -0.2) is 0 Å². The lowest BCUT2D eigenvalue weighted by molar-refractivity contribution is 0.0626. The molecule has 0 saturated carbocycles. The van der Waals surface area contributed by atoms with E-state index in [2.05, 4.69) is 10.00 Å². The van der Waals surface area contributed by atoms with E-state index in [0.29, 0.717) is 18.1 Å². The number of methoxy groups -OCH3 is 1. The molecule has 1 aliphatic heterocycles. The molecule has 0 N–H and O–H groups in total. The summed E-state index contributed by atoms with van der Waals surface area (Å²) < 4.78 is 7.20. The minimum atomic E-state index is 0.0769. The standard InChI is InChI=1S/C19H25ClN4O2/c1-13-18(14(2)22(3)21-13)19(25)24-9-7-23(8-10-24)12-15-11-16(20)5-6-17(15)26-4/h5-6,11H,7-10,12H2,1-4H3. The van der Waals surface area contributed by atoms with Gasteiger partial charge in [-0.15, -0.1) is 0 Å². The fraction of sp³-hybridized carbons (Fsp3) is 0.474. The van der Waals surface area contributed by atoms with Crippen molar-refractivity contribution in [2.45, 2.75) is 20.4 Å². The Hall–Kier alpha value is -2.05. The van der Waals surface area contributed by atoms with Crippen LogP contribution in [0.5, 0.6) is 5.75 Å². The molecule has 2 aromatic rings. The maximum atomic E-state index is 12.9. The monoisotopic (exact) mass is 376 g/mol. The molecule has 7 heteroatoms. The predicted molar refractivity (Wildman–Crippen MR) is 102 cm³/mol. The Bertz CT molecular complexity index is 810. The SMILES string of the molecule is COc1ccc(Cl)cc1CN1CCN(C(=O)c2c(C)nn(C)c2C)CC1. The van der Waals surface area contributed by atoms with Crippen LogP contribution in [-0.4, -0.2) is 58.8 Å². The average molecular weight is 377 g/mol. The van der Waals surface area contributed by atoms with Gasteiger partial charge >= 0.3 is 0 Å². The Kier molecular flexibility index (Phi) is 5.53. The van der Waals surface area contributed by atoms with E-state index in [1.165, 1.54) is 0 Å². The molecule has 1 saturated heterocycles. The van der Waals surface area contributed by atoms with Crippen molar-refractivity contribution in [3.05, 3.63) is 45.7 Å². The molecule has 2 heterocycles. The Morgan fingerprint density at radius 3 is 2.50 bits per heavy atom. The van der Waals surface area contributed by atoms with Crippen LogP contribution in [0.1, 0.15) is 27.3 Å². The number of aryl methyl sites for hydroxylation is 2. The number of carbonyl (C=O) groups is 1. The molecule has 0 aliphatic carbocycles. The van der Waals surface area contributed by atoms with Gasteiger partial charge in [0.2, 0.25) is 0 Å². The summed E-state index contributed by atoms with van der Waals surface area (Å²) in [6.45, 7) is 7.64. The minimum absolute atomic E-state index is 0.0769. The lowest BCUT2D eigenvalue weighted by Crippen LogP contribution is -2.48. The van der Waals surface area contributed by atoms with Gasteiger partial charge in [-0.05, 0) is 32.0 Å². The number of amides is 1. The first-order valence-electron chi connectivity index (χ1n) is 8.75. The first kappa shape index (κ1) is 18.7. The second-order valence-electron chi connectivity index (χ2n) is 6.69. The summed E-state index contributed by atoms with van der Waals surface area (Å²) in [5.74, 6) is 0.919. The highest BCUT2D eigenvalue weighted by Gasteiger charge is 2.26. The molecule has 1 amide bonds. The maximum absolute atomic E-state index is 12.9. The van der Waals surface area contributed by atoms with Gasteiger partial charge in [-0.1, -0.05) is 11.6 Å². The van der Waals surface area contributed by atoms with Gasteiger partial charge in [0.05, 0.1) is 18.4 Å². The molecular formula is C19H25ClN4O2. The molecule has 1 fully saturated rings. The lowest BCUT2D eigenvalue weighted by atomic mass is 10.1. The minimum Gasteiger partial charge on any atom is -0.496 e. The van der Waals surface area contributed by atoms with Gasteiger partial charge in [0.15, 0.2) is 0 Å². The summed E-state index contributed by atoms with van der Waals surface area (Å²) in [7, 11) is 3.54. The number of hydrogen-bond donors (Lipinski definition) is 0. The number of nitrogens with zero attached hydrogens (tertiary/aromatic N) is 4. The third kappa shape index (κ3) is 3.71. The van der Waals surface area contributed by atoms with Crippen LogP contribution in [0.25, 0.3) is 0 Å². The molecule has 0 unspecified atom stereocenters. The van der Waals surface area contributed by atoms with E-state index in [-0.39, 0.29) is 5.91 Å². The molecule has 26 heavy (non-hydrogen) atoms. The van der Waals surface area contributed by atoms with E-state index < -0.39 is 0 Å². The molecule has 140 valence electrons. The first-order chi connectivity index (χ1) is 12.4. The van der Waals surface area contributed by atoms with Crippen LogP contribution in [0.3, 0.4) is 0 Å². The van der Waals surface area contributed by atoms with E-state index >= 15 is 0 Å². The third-order valence-corrected chi connectivity index (χ3v) is 5.25. The van der Waals surface area contributed by atoms with Gasteiger partial charge in [-0.3, -0.25) is 14.4 Å². The van der Waals surface area contributed by atoms with E-state index in [4.69, 9.17) is 16.3 Å². The quantitative estimate of drug-likeness (QED) is 0.823. The van der Waals surface area contributed by atoms with Crippen molar-refractivity contribution in [2.75, 3.05) is 33.3 Å². The van der Waals surface area contributed by atoms with Crippen LogP contribution < -0.4 is 4.74 Å². The van der Waals surface area contributed by atoms with Crippen LogP contribution in [0.4, 0.5) is 0 Å². The Labute approximate surface area is 159 Å². The number of hydrogen-bond acceptors (Lipinski definition) is 4. The number of halogens is 1. The molecule has 0 radical (unpaired) electrons. The van der Waals surface area contributed by atoms with Gasteiger partial charge < -0.3 is 9.64 Å². The van der Waals surface area contributed by atoms with Crippen molar-refractivity contribution in [2.24, 2.45) is 7.05 Å². The number of carbonyl (C=O) groups excluding carboxylic acids is 1. The molecule has 3 rings (SSSR count). The molecule has 1 aromatic carbocycles. The van der Waals surface area contributed by atoms with Crippen molar-refractivity contribution in [1.29, 1.82) is 0 Å². The second-order valence-corrected chi connectivity index (χ2v) is 7.13. The van der Waals surface area contributed by atoms with Gasteiger partial charge in [0.1, 0.15) is 5.75 Å². The number of rotatable bonds is 4. The Morgan fingerprint density at radius 2 is 1.92 bits per heavy atom. The van der Waals surface area contributed by atoms with Crippen molar-refractivity contribution in [3.63, 3.8) is 0 Å². The fourth-order valence-corrected chi connectivity index (χ4v) is 3.66. The van der Waals surface area contributed by atoms with Crippen LogP contribution in [0.15, 0.2) is 18.2 Å². The summed E-state index contributed by atoms with van der Waals surface area (Å²) in [5, 5.41) is 5.06. The van der Waals surface area contributed by atoms with Gasteiger partial charge in [-0.2, -0.15) is 5.10 Å². The zero-order valence-corrected chi connectivity index (χ0v) is 16.5. The number of piperazine rings is 1. The molecule has 0 spiro atoms. The van der Waals surface area contributed by atoms with E-state index in [0.717, 1.165) is 47.9 Å². The van der Waals surface area contributed by atoms with Gasteiger partial charge in [0, 0.05) is 56.1 Å².